The van der Waals surface area contributed by atoms with Crippen molar-refractivity contribution in [3.8, 4) is 0 Å². The minimum absolute atomic E-state index is 0.222. The molecule has 2 N–H and O–H groups in total. The van der Waals surface area contributed by atoms with Gasteiger partial charge in [0.2, 0.25) is 5.78 Å². The van der Waals surface area contributed by atoms with E-state index < -0.39 is 0 Å². The number of carbonyl (C=O) groups excluding carboxylic acids is 1. The van der Waals surface area contributed by atoms with Gasteiger partial charge in [-0.1, -0.05) is 6.92 Å². The van der Waals surface area contributed by atoms with Gasteiger partial charge in [0.1, 0.15) is 5.76 Å². The largest absolute Gasteiger partial charge is 0.458 e. The molecule has 20 heavy (non-hydrogen) atoms. The van der Waals surface area contributed by atoms with Crippen molar-refractivity contribution in [2.75, 3.05) is 0 Å². The van der Waals surface area contributed by atoms with Gasteiger partial charge >= 0.3 is 5.69 Å². The quantitative estimate of drug-likeness (QED) is 0.722. The summed E-state index contributed by atoms with van der Waals surface area (Å²) >= 11 is 3.35. The van der Waals surface area contributed by atoms with Crippen molar-refractivity contribution in [1.82, 2.24) is 9.97 Å². The first-order chi connectivity index (χ1) is 9.58. The molecule has 102 valence electrons. The highest BCUT2D eigenvalue weighted by Crippen LogP contribution is 2.25. The summed E-state index contributed by atoms with van der Waals surface area (Å²) in [4.78, 5) is 29.0. The van der Waals surface area contributed by atoms with E-state index in [9.17, 15) is 9.59 Å². The molecule has 5 nitrogen and oxygen atoms in total. The fourth-order valence-corrected chi connectivity index (χ4v) is 2.58. The monoisotopic (exact) mass is 334 g/mol. The third-order valence-corrected chi connectivity index (χ3v) is 3.74. The van der Waals surface area contributed by atoms with Crippen LogP contribution in [0.15, 0.2) is 37.9 Å². The number of rotatable bonds is 3. The Balaban J connectivity index is 2.10. The number of benzene rings is 1. The highest BCUT2D eigenvalue weighted by atomic mass is 79.9. The maximum absolute atomic E-state index is 12.4. The van der Waals surface area contributed by atoms with E-state index in [1.807, 2.05) is 6.92 Å². The first-order valence-electron chi connectivity index (χ1n) is 6.13. The number of hydrogen-bond donors (Lipinski definition) is 2. The minimum Gasteiger partial charge on any atom is -0.458 e. The zero-order valence-electron chi connectivity index (χ0n) is 10.6. The van der Waals surface area contributed by atoms with Crippen LogP contribution in [-0.2, 0) is 6.42 Å². The van der Waals surface area contributed by atoms with Crippen molar-refractivity contribution in [1.29, 1.82) is 0 Å². The van der Waals surface area contributed by atoms with E-state index in [0.29, 0.717) is 26.8 Å². The van der Waals surface area contributed by atoms with Crippen molar-refractivity contribution in [2.45, 2.75) is 13.3 Å². The van der Waals surface area contributed by atoms with Gasteiger partial charge in [-0.15, -0.1) is 0 Å². The average Bonchev–Trinajstić information content (AvgIpc) is 3.02. The highest BCUT2D eigenvalue weighted by molar-refractivity contribution is 9.10. The fraction of sp³-hybridized carbons (Fsp3) is 0.143. The van der Waals surface area contributed by atoms with Crippen LogP contribution in [0.4, 0.5) is 0 Å². The molecule has 0 unspecified atom stereocenters. The summed E-state index contributed by atoms with van der Waals surface area (Å²) in [5.41, 5.74) is 1.38. The molecule has 3 aromatic rings. The fourth-order valence-electron chi connectivity index (χ4n) is 2.05. The second-order valence-electron chi connectivity index (χ2n) is 4.41. The summed E-state index contributed by atoms with van der Waals surface area (Å²) in [7, 11) is 0. The molecule has 0 fully saturated rings. The number of hydrogen-bond acceptors (Lipinski definition) is 3. The Morgan fingerprint density at radius 1 is 1.25 bits per heavy atom. The molecule has 6 heteroatoms. The first kappa shape index (κ1) is 12.9. The molecule has 2 heterocycles. The third-order valence-electron chi connectivity index (χ3n) is 3.08. The standard InChI is InChI=1S/C14H11BrN2O3/c1-2-7-3-4-12(20-7)13(18)8-5-10-11(6-9(8)15)17-14(19)16-10/h3-6H,2H2,1H3,(H2,16,17,19). The second-order valence-corrected chi connectivity index (χ2v) is 5.26. The van der Waals surface area contributed by atoms with E-state index in [4.69, 9.17) is 4.42 Å². The van der Waals surface area contributed by atoms with Crippen LogP contribution in [0, 0.1) is 0 Å². The number of halogens is 1. The van der Waals surface area contributed by atoms with Crippen LogP contribution in [0.2, 0.25) is 0 Å². The lowest BCUT2D eigenvalue weighted by atomic mass is 10.1. The van der Waals surface area contributed by atoms with Gasteiger partial charge in [0.15, 0.2) is 5.76 Å². The lowest BCUT2D eigenvalue weighted by molar-refractivity contribution is 0.101. The zero-order valence-corrected chi connectivity index (χ0v) is 12.2. The number of imidazole rings is 1. The summed E-state index contributed by atoms with van der Waals surface area (Å²) in [6, 6.07) is 6.79. The molecule has 0 atom stereocenters. The Labute approximate surface area is 122 Å². The lowest BCUT2D eigenvalue weighted by Gasteiger charge is -2.02. The number of fused-ring (bicyclic) bond motifs is 1. The number of aromatic nitrogens is 2. The zero-order chi connectivity index (χ0) is 14.3. The SMILES string of the molecule is CCc1ccc(C(=O)c2cc3[nH]c(=O)[nH]c3cc2Br)o1. The summed E-state index contributed by atoms with van der Waals surface area (Å²) < 4.78 is 6.08. The summed E-state index contributed by atoms with van der Waals surface area (Å²) in [5, 5.41) is 0. The number of H-pyrrole nitrogens is 2. The van der Waals surface area contributed by atoms with Crippen LogP contribution in [0.25, 0.3) is 11.0 Å². The van der Waals surface area contributed by atoms with Crippen LogP contribution in [0.3, 0.4) is 0 Å². The Morgan fingerprint density at radius 3 is 2.60 bits per heavy atom. The van der Waals surface area contributed by atoms with Crippen LogP contribution < -0.4 is 5.69 Å². The smallest absolute Gasteiger partial charge is 0.323 e. The molecule has 0 saturated carbocycles. The van der Waals surface area contributed by atoms with Crippen molar-refractivity contribution < 1.29 is 9.21 Å². The number of ketones is 1. The first-order valence-corrected chi connectivity index (χ1v) is 6.92. The number of furan rings is 1. The van der Waals surface area contributed by atoms with E-state index in [0.717, 1.165) is 12.2 Å². The lowest BCUT2D eigenvalue weighted by Crippen LogP contribution is -2.01. The predicted molar refractivity (Wildman–Crippen MR) is 78.1 cm³/mol. The molecule has 0 bridgehead atoms. The normalized spacial score (nSPS) is 11.1. The predicted octanol–water partition coefficient (Wildman–Crippen LogP) is 3.01. The van der Waals surface area contributed by atoms with Gasteiger partial charge in [0, 0.05) is 16.5 Å². The van der Waals surface area contributed by atoms with Gasteiger partial charge in [-0.2, -0.15) is 0 Å². The maximum atomic E-state index is 12.4. The van der Waals surface area contributed by atoms with Crippen LogP contribution in [-0.4, -0.2) is 15.8 Å². The van der Waals surface area contributed by atoms with Crippen LogP contribution >= 0.6 is 15.9 Å². The van der Waals surface area contributed by atoms with E-state index in [2.05, 4.69) is 25.9 Å². The van der Waals surface area contributed by atoms with Crippen molar-refractivity contribution in [3.05, 3.63) is 56.3 Å². The van der Waals surface area contributed by atoms with Crippen LogP contribution in [0.5, 0.6) is 0 Å². The molecule has 3 rings (SSSR count). The van der Waals surface area contributed by atoms with E-state index >= 15 is 0 Å². The maximum Gasteiger partial charge on any atom is 0.323 e. The van der Waals surface area contributed by atoms with E-state index in [-0.39, 0.29) is 11.5 Å². The Kier molecular flexibility index (Phi) is 3.10. The van der Waals surface area contributed by atoms with Crippen molar-refractivity contribution in [3.63, 3.8) is 0 Å². The van der Waals surface area contributed by atoms with Crippen molar-refractivity contribution in [2.24, 2.45) is 0 Å². The second kappa shape index (κ2) is 4.79. The molecule has 0 radical (unpaired) electrons. The molecule has 2 aromatic heterocycles. The minimum atomic E-state index is -0.303. The molecule has 0 spiro atoms. The molecule has 0 aliphatic carbocycles. The Bertz CT molecular complexity index is 857. The van der Waals surface area contributed by atoms with E-state index in [1.165, 1.54) is 0 Å². The Hall–Kier alpha value is -2.08. The summed E-state index contributed by atoms with van der Waals surface area (Å²) in [6.07, 6.45) is 0.735. The Morgan fingerprint density at radius 2 is 1.95 bits per heavy atom. The topological polar surface area (TPSA) is 78.9 Å². The third kappa shape index (κ3) is 2.12. The van der Waals surface area contributed by atoms with Crippen molar-refractivity contribution >= 4 is 32.7 Å². The number of aromatic amines is 2. The number of aryl methyl sites for hydroxylation is 1. The molecule has 0 amide bonds. The van der Waals surface area contributed by atoms with Crippen LogP contribution in [0.1, 0.15) is 28.8 Å². The molecular weight excluding hydrogens is 324 g/mol. The number of nitrogens with one attached hydrogen (secondary N) is 2. The van der Waals surface area contributed by atoms with Gasteiger partial charge in [0.25, 0.3) is 0 Å². The van der Waals surface area contributed by atoms with Gasteiger partial charge in [-0.3, -0.25) is 4.79 Å². The summed E-state index contributed by atoms with van der Waals surface area (Å²) in [5.74, 6) is 0.834. The number of carbonyl (C=O) groups is 1. The molecule has 0 aliphatic heterocycles. The van der Waals surface area contributed by atoms with Gasteiger partial charge in [0.05, 0.1) is 11.0 Å². The van der Waals surface area contributed by atoms with Gasteiger partial charge in [-0.25, -0.2) is 4.79 Å². The molecular formula is C14H11BrN2O3. The van der Waals surface area contributed by atoms with Gasteiger partial charge in [-0.05, 0) is 40.2 Å². The molecule has 1 aromatic carbocycles. The average molecular weight is 335 g/mol. The molecule has 0 aliphatic rings. The summed E-state index contributed by atoms with van der Waals surface area (Å²) in [6.45, 7) is 1.96. The highest BCUT2D eigenvalue weighted by Gasteiger charge is 2.17. The van der Waals surface area contributed by atoms with E-state index in [1.54, 1.807) is 24.3 Å². The van der Waals surface area contributed by atoms with Gasteiger partial charge < -0.3 is 14.4 Å². The molecule has 0 saturated heterocycles.